The first-order valence-corrected chi connectivity index (χ1v) is 12.0. The smallest absolute Gasteiger partial charge is 0.347 e. The van der Waals surface area contributed by atoms with Gasteiger partial charge in [-0.25, -0.2) is 14.8 Å². The first-order chi connectivity index (χ1) is 15.6. The summed E-state index contributed by atoms with van der Waals surface area (Å²) in [7, 11) is 0. The Bertz CT molecular complexity index is 1390. The van der Waals surface area contributed by atoms with Crippen molar-refractivity contribution >= 4 is 40.4 Å². The molecule has 0 amide bonds. The number of hydrogen-bond donors (Lipinski definition) is 1. The third kappa shape index (κ3) is 3.95. The number of thiazole rings is 2. The van der Waals surface area contributed by atoms with Gasteiger partial charge >= 0.3 is 5.97 Å². The zero-order chi connectivity index (χ0) is 22.1. The van der Waals surface area contributed by atoms with Crippen LogP contribution in [0.4, 0.5) is 0 Å². The van der Waals surface area contributed by atoms with E-state index in [0.29, 0.717) is 15.3 Å². The minimum absolute atomic E-state index is 0.185. The molecule has 0 unspecified atom stereocenters. The lowest BCUT2D eigenvalue weighted by atomic mass is 10.2. The van der Waals surface area contributed by atoms with Crippen molar-refractivity contribution in [3.05, 3.63) is 77.4 Å². The number of para-hydroxylation sites is 1. The Morgan fingerprint density at radius 1 is 1.00 bits per heavy atom. The van der Waals surface area contributed by atoms with Crippen LogP contribution in [-0.4, -0.2) is 35.8 Å². The highest BCUT2D eigenvalue weighted by molar-refractivity contribution is 8.00. The molecule has 0 atom stereocenters. The van der Waals surface area contributed by atoms with Crippen LogP contribution in [-0.2, 0) is 0 Å². The number of carbonyl (C=O) groups is 1. The fourth-order valence-electron chi connectivity index (χ4n) is 3.08. The number of carboxylic acids is 1. The second kappa shape index (κ2) is 8.65. The van der Waals surface area contributed by atoms with E-state index in [1.54, 1.807) is 11.3 Å². The van der Waals surface area contributed by atoms with Crippen molar-refractivity contribution in [3.63, 3.8) is 0 Å². The highest BCUT2D eigenvalue weighted by atomic mass is 32.2. The summed E-state index contributed by atoms with van der Waals surface area (Å²) >= 11 is 3.97. The molecule has 0 radical (unpaired) electrons. The van der Waals surface area contributed by atoms with Gasteiger partial charge in [-0.05, 0) is 30.8 Å². The van der Waals surface area contributed by atoms with Gasteiger partial charge in [-0.3, -0.25) is 4.57 Å². The summed E-state index contributed by atoms with van der Waals surface area (Å²) < 4.78 is 2.55. The summed E-state index contributed by atoms with van der Waals surface area (Å²) in [6.07, 6.45) is 1.36. The van der Waals surface area contributed by atoms with Gasteiger partial charge in [0.15, 0.2) is 10.2 Å². The molecule has 0 bridgehead atoms. The molecule has 0 spiro atoms. The molecule has 0 aliphatic rings. The Labute approximate surface area is 195 Å². The normalized spacial score (nSPS) is 11.0. The first-order valence-electron chi connectivity index (χ1n) is 9.51. The van der Waals surface area contributed by atoms with Gasteiger partial charge < -0.3 is 5.11 Å². The average Bonchev–Trinajstić information content (AvgIpc) is 3.54. The van der Waals surface area contributed by atoms with Crippen molar-refractivity contribution in [2.75, 3.05) is 0 Å². The number of nitrogens with zero attached hydrogens (tertiary/aromatic N) is 5. The minimum atomic E-state index is -0.992. The Hall–Kier alpha value is -3.34. The maximum atomic E-state index is 11.2. The summed E-state index contributed by atoms with van der Waals surface area (Å²) in [5.74, 6) is -0.306. The van der Waals surface area contributed by atoms with Gasteiger partial charge in [0.25, 0.3) is 0 Å². The van der Waals surface area contributed by atoms with Gasteiger partial charge in [0.2, 0.25) is 5.16 Å². The summed E-state index contributed by atoms with van der Waals surface area (Å²) in [6.45, 7) is 1.97. The van der Waals surface area contributed by atoms with E-state index in [2.05, 4.69) is 15.2 Å². The number of rotatable bonds is 6. The molecule has 0 aliphatic carbocycles. The van der Waals surface area contributed by atoms with Gasteiger partial charge in [-0.15, -0.1) is 32.9 Å². The van der Waals surface area contributed by atoms with Gasteiger partial charge in [0.1, 0.15) is 9.88 Å². The standard InChI is InChI=1S/C22H15N5O2S3/c1-13-17(31-19(24-13)14-8-4-2-5-9-14)18-25-26-21(27(18)15-10-6-3-7-11-15)32-22-23-12-16(30-22)20(28)29/h2-12H,1H3,(H,28,29). The molecule has 5 rings (SSSR count). The Morgan fingerprint density at radius 3 is 2.41 bits per heavy atom. The second-order valence-electron chi connectivity index (χ2n) is 6.67. The average molecular weight is 478 g/mol. The van der Waals surface area contributed by atoms with E-state index in [0.717, 1.165) is 38.2 Å². The van der Waals surface area contributed by atoms with E-state index in [1.807, 2.05) is 72.2 Å². The van der Waals surface area contributed by atoms with Gasteiger partial charge in [-0.2, -0.15) is 0 Å². The SMILES string of the molecule is Cc1nc(-c2ccccc2)sc1-c1nnc(Sc2ncc(C(=O)O)s2)n1-c1ccccc1. The first kappa shape index (κ1) is 20.6. The molecule has 1 N–H and O–H groups in total. The van der Waals surface area contributed by atoms with Gasteiger partial charge in [0, 0.05) is 11.3 Å². The highest BCUT2D eigenvalue weighted by Crippen LogP contribution is 2.38. The number of hydrogen-bond acceptors (Lipinski definition) is 8. The van der Waals surface area contributed by atoms with Crippen LogP contribution in [0.2, 0.25) is 0 Å². The number of benzene rings is 2. The highest BCUT2D eigenvalue weighted by Gasteiger charge is 2.22. The van der Waals surface area contributed by atoms with Crippen molar-refractivity contribution in [1.82, 2.24) is 24.7 Å². The van der Waals surface area contributed by atoms with Crippen LogP contribution in [0, 0.1) is 6.92 Å². The number of aromatic nitrogens is 5. The predicted octanol–water partition coefficient (Wildman–Crippen LogP) is 5.67. The topological polar surface area (TPSA) is 93.8 Å². The van der Waals surface area contributed by atoms with Crippen LogP contribution in [0.5, 0.6) is 0 Å². The lowest BCUT2D eigenvalue weighted by Crippen LogP contribution is -1.99. The van der Waals surface area contributed by atoms with E-state index in [1.165, 1.54) is 18.0 Å². The van der Waals surface area contributed by atoms with E-state index in [4.69, 9.17) is 4.98 Å². The largest absolute Gasteiger partial charge is 0.477 e. The van der Waals surface area contributed by atoms with E-state index in [-0.39, 0.29) is 4.88 Å². The van der Waals surface area contributed by atoms with E-state index < -0.39 is 5.97 Å². The molecular formula is C22H15N5O2S3. The molecular weight excluding hydrogens is 462 g/mol. The third-order valence-electron chi connectivity index (χ3n) is 4.54. The molecule has 5 aromatic rings. The number of aryl methyl sites for hydroxylation is 1. The van der Waals surface area contributed by atoms with Crippen molar-refractivity contribution in [2.45, 2.75) is 16.4 Å². The summed E-state index contributed by atoms with van der Waals surface area (Å²) in [5, 5.41) is 19.6. The molecule has 0 aliphatic heterocycles. The lowest BCUT2D eigenvalue weighted by molar-refractivity contribution is 0.0702. The van der Waals surface area contributed by atoms with Crippen LogP contribution in [0.15, 0.2) is 76.4 Å². The molecule has 10 heteroatoms. The van der Waals surface area contributed by atoms with Crippen LogP contribution < -0.4 is 0 Å². The second-order valence-corrected chi connectivity index (χ2v) is 9.92. The predicted molar refractivity (Wildman–Crippen MR) is 126 cm³/mol. The Kier molecular flexibility index (Phi) is 5.56. The molecule has 0 saturated heterocycles. The van der Waals surface area contributed by atoms with Crippen molar-refractivity contribution in [2.24, 2.45) is 0 Å². The van der Waals surface area contributed by atoms with Crippen molar-refractivity contribution in [3.8, 4) is 27.0 Å². The summed E-state index contributed by atoms with van der Waals surface area (Å²) in [5.41, 5.74) is 2.83. The van der Waals surface area contributed by atoms with Crippen LogP contribution in [0.25, 0.3) is 27.0 Å². The van der Waals surface area contributed by atoms with Gasteiger partial charge in [0.05, 0.1) is 16.8 Å². The van der Waals surface area contributed by atoms with E-state index in [9.17, 15) is 9.90 Å². The number of aromatic carboxylic acids is 1. The lowest BCUT2D eigenvalue weighted by Gasteiger charge is -2.08. The molecule has 0 saturated carbocycles. The molecule has 2 aromatic carbocycles. The van der Waals surface area contributed by atoms with Crippen LogP contribution >= 0.6 is 34.4 Å². The molecule has 3 aromatic heterocycles. The van der Waals surface area contributed by atoms with Crippen molar-refractivity contribution in [1.29, 1.82) is 0 Å². The summed E-state index contributed by atoms with van der Waals surface area (Å²) in [6, 6.07) is 19.9. The Morgan fingerprint density at radius 2 is 1.72 bits per heavy atom. The van der Waals surface area contributed by atoms with E-state index >= 15 is 0 Å². The monoisotopic (exact) mass is 477 g/mol. The zero-order valence-electron chi connectivity index (χ0n) is 16.7. The van der Waals surface area contributed by atoms with Gasteiger partial charge in [-0.1, -0.05) is 48.5 Å². The van der Waals surface area contributed by atoms with Crippen LogP contribution in [0.1, 0.15) is 15.4 Å². The molecule has 7 nitrogen and oxygen atoms in total. The maximum absolute atomic E-state index is 11.2. The maximum Gasteiger partial charge on any atom is 0.347 e. The minimum Gasteiger partial charge on any atom is -0.477 e. The summed E-state index contributed by atoms with van der Waals surface area (Å²) in [4.78, 5) is 21.3. The number of carboxylic acid groups (broad SMARTS) is 1. The quantitative estimate of drug-likeness (QED) is 0.337. The molecule has 158 valence electrons. The molecule has 0 fully saturated rings. The molecule has 3 heterocycles. The fourth-order valence-corrected chi connectivity index (χ4v) is 5.90. The van der Waals surface area contributed by atoms with Crippen LogP contribution in [0.3, 0.4) is 0 Å². The fraction of sp³-hybridized carbons (Fsp3) is 0.0455. The third-order valence-corrected chi connectivity index (χ3v) is 7.75. The Balaban J connectivity index is 1.60. The molecule has 32 heavy (non-hydrogen) atoms. The zero-order valence-corrected chi connectivity index (χ0v) is 19.1. The van der Waals surface area contributed by atoms with Crippen molar-refractivity contribution < 1.29 is 9.90 Å².